The van der Waals surface area contributed by atoms with E-state index in [9.17, 15) is 17.6 Å². The van der Waals surface area contributed by atoms with Gasteiger partial charge in [0.15, 0.2) is 0 Å². The highest BCUT2D eigenvalue weighted by Gasteiger charge is 2.27. The molecule has 0 aromatic heterocycles. The summed E-state index contributed by atoms with van der Waals surface area (Å²) in [6.45, 7) is 2.47. The average Bonchev–Trinajstić information content (AvgIpc) is 2.41. The lowest BCUT2D eigenvalue weighted by atomic mass is 10.1. The summed E-state index contributed by atoms with van der Waals surface area (Å²) in [4.78, 5) is 6.69. The third kappa shape index (κ3) is 4.63. The molecule has 0 unspecified atom stereocenters. The fourth-order valence-electron chi connectivity index (χ4n) is 2.28. The van der Waals surface area contributed by atoms with Crippen LogP contribution in [0.4, 0.5) is 23.2 Å². The molecule has 1 aromatic carbocycles. The van der Waals surface area contributed by atoms with Gasteiger partial charge >= 0.3 is 6.18 Å². The van der Waals surface area contributed by atoms with E-state index in [2.05, 4.69) is 4.99 Å². The molecule has 2 rings (SSSR count). The third-order valence-electron chi connectivity index (χ3n) is 3.47. The SMILES string of the molecule is Cc1cc(F)c(/N=C2\CCCCN2C)cc1SCC(F)(F)F. The van der Waals surface area contributed by atoms with Crippen molar-refractivity contribution in [1.29, 1.82) is 0 Å². The van der Waals surface area contributed by atoms with Crippen molar-refractivity contribution in [3.63, 3.8) is 0 Å². The summed E-state index contributed by atoms with van der Waals surface area (Å²) in [6.07, 6.45) is -1.43. The van der Waals surface area contributed by atoms with Gasteiger partial charge in [0.05, 0.1) is 5.75 Å². The van der Waals surface area contributed by atoms with E-state index < -0.39 is 17.7 Å². The van der Waals surface area contributed by atoms with Crippen LogP contribution in [0.5, 0.6) is 0 Å². The smallest absolute Gasteiger partial charge is 0.363 e. The van der Waals surface area contributed by atoms with Crippen LogP contribution < -0.4 is 0 Å². The van der Waals surface area contributed by atoms with Crippen molar-refractivity contribution in [2.24, 2.45) is 4.99 Å². The lowest BCUT2D eigenvalue weighted by molar-refractivity contribution is -0.105. The highest BCUT2D eigenvalue weighted by atomic mass is 32.2. The molecule has 22 heavy (non-hydrogen) atoms. The quantitative estimate of drug-likeness (QED) is 0.575. The summed E-state index contributed by atoms with van der Waals surface area (Å²) in [7, 11) is 1.89. The van der Waals surface area contributed by atoms with E-state index in [1.165, 1.54) is 12.1 Å². The van der Waals surface area contributed by atoms with Crippen molar-refractivity contribution >= 4 is 23.3 Å². The molecule has 0 saturated carbocycles. The van der Waals surface area contributed by atoms with Gasteiger partial charge in [0.25, 0.3) is 0 Å². The molecule has 2 nitrogen and oxygen atoms in total. The number of alkyl halides is 3. The number of piperidine rings is 1. The molecule has 122 valence electrons. The molecule has 1 aliphatic rings. The van der Waals surface area contributed by atoms with E-state index >= 15 is 0 Å². The molecular weight excluding hydrogens is 316 g/mol. The molecular formula is C15H18F4N2S. The Morgan fingerprint density at radius 1 is 1.27 bits per heavy atom. The zero-order valence-corrected chi connectivity index (χ0v) is 13.3. The molecule has 0 bridgehead atoms. The van der Waals surface area contributed by atoms with Gasteiger partial charge in [0, 0.05) is 24.9 Å². The van der Waals surface area contributed by atoms with Crippen LogP contribution in [-0.2, 0) is 0 Å². The van der Waals surface area contributed by atoms with Gasteiger partial charge in [-0.05, 0) is 37.5 Å². The summed E-state index contributed by atoms with van der Waals surface area (Å²) in [5.74, 6) is -0.712. The Balaban J connectivity index is 2.26. The topological polar surface area (TPSA) is 15.6 Å². The van der Waals surface area contributed by atoms with Gasteiger partial charge < -0.3 is 4.90 Å². The molecule has 1 heterocycles. The minimum absolute atomic E-state index is 0.110. The largest absolute Gasteiger partial charge is 0.398 e. The first kappa shape index (κ1) is 17.1. The number of likely N-dealkylation sites (tertiary alicyclic amines) is 1. The average molecular weight is 334 g/mol. The fraction of sp³-hybridized carbons (Fsp3) is 0.533. The van der Waals surface area contributed by atoms with Gasteiger partial charge in [0.1, 0.15) is 17.3 Å². The van der Waals surface area contributed by atoms with E-state index in [1.54, 1.807) is 6.92 Å². The van der Waals surface area contributed by atoms with Crippen molar-refractivity contribution in [3.8, 4) is 0 Å². The number of benzene rings is 1. The number of thioether (sulfide) groups is 1. The first-order valence-electron chi connectivity index (χ1n) is 7.04. The van der Waals surface area contributed by atoms with E-state index in [4.69, 9.17) is 0 Å². The summed E-state index contributed by atoms with van der Waals surface area (Å²) in [5.41, 5.74) is 0.603. The first-order valence-corrected chi connectivity index (χ1v) is 8.03. The maximum atomic E-state index is 14.0. The van der Waals surface area contributed by atoms with Crippen molar-refractivity contribution in [1.82, 2.24) is 4.90 Å². The molecule has 0 atom stereocenters. The van der Waals surface area contributed by atoms with Gasteiger partial charge in [-0.25, -0.2) is 9.38 Å². The second-order valence-electron chi connectivity index (χ2n) is 5.38. The van der Waals surface area contributed by atoms with Crippen LogP contribution in [-0.4, -0.2) is 36.3 Å². The van der Waals surface area contributed by atoms with Gasteiger partial charge in [-0.15, -0.1) is 11.8 Å². The number of hydrogen-bond acceptors (Lipinski definition) is 2. The van der Waals surface area contributed by atoms with Crippen LogP contribution in [0.2, 0.25) is 0 Å². The molecule has 0 aliphatic carbocycles. The van der Waals surface area contributed by atoms with Gasteiger partial charge in [-0.1, -0.05) is 0 Å². The number of nitrogens with zero attached hydrogens (tertiary/aromatic N) is 2. The minimum atomic E-state index is -4.25. The maximum Gasteiger partial charge on any atom is 0.398 e. The number of amidine groups is 1. The number of aryl methyl sites for hydroxylation is 1. The Hall–Kier alpha value is -1.24. The molecule has 0 radical (unpaired) electrons. The number of hydrogen-bond donors (Lipinski definition) is 0. The molecule has 0 amide bonds. The fourth-order valence-corrected chi connectivity index (χ4v) is 3.08. The van der Waals surface area contributed by atoms with Crippen LogP contribution in [0, 0.1) is 12.7 Å². The normalized spacial score (nSPS) is 18.1. The van der Waals surface area contributed by atoms with Crippen LogP contribution >= 0.6 is 11.8 Å². The molecule has 1 aliphatic heterocycles. The minimum Gasteiger partial charge on any atom is -0.363 e. The van der Waals surface area contributed by atoms with Crippen molar-refractivity contribution < 1.29 is 17.6 Å². The molecule has 7 heteroatoms. The van der Waals surface area contributed by atoms with Crippen LogP contribution in [0.25, 0.3) is 0 Å². The number of halogens is 4. The van der Waals surface area contributed by atoms with E-state index in [1.807, 2.05) is 11.9 Å². The lowest BCUT2D eigenvalue weighted by Gasteiger charge is -2.26. The standard InChI is InChI=1S/C15H18F4N2S/c1-10-7-11(16)12(8-13(10)22-9-15(17,18)19)20-14-5-3-4-6-21(14)2/h7-8H,3-6,9H2,1-2H3/b20-14+. The Morgan fingerprint density at radius 2 is 2.00 bits per heavy atom. The summed E-state index contributed by atoms with van der Waals surface area (Å²) in [6, 6.07) is 2.66. The Bertz CT molecular complexity index is 569. The molecule has 0 N–H and O–H groups in total. The highest BCUT2D eigenvalue weighted by molar-refractivity contribution is 7.99. The number of aliphatic imine (C=N–C) groups is 1. The van der Waals surface area contributed by atoms with Crippen molar-refractivity contribution in [2.75, 3.05) is 19.3 Å². The zero-order chi connectivity index (χ0) is 16.3. The van der Waals surface area contributed by atoms with Crippen LogP contribution in [0.1, 0.15) is 24.8 Å². The first-order chi connectivity index (χ1) is 10.3. The highest BCUT2D eigenvalue weighted by Crippen LogP contribution is 2.33. The van der Waals surface area contributed by atoms with Gasteiger partial charge in [0.2, 0.25) is 0 Å². The second kappa shape index (κ2) is 6.89. The lowest BCUT2D eigenvalue weighted by Crippen LogP contribution is -2.31. The molecule has 1 aromatic rings. The predicted molar refractivity (Wildman–Crippen MR) is 81.5 cm³/mol. The van der Waals surface area contributed by atoms with E-state index in [-0.39, 0.29) is 5.69 Å². The number of rotatable bonds is 3. The van der Waals surface area contributed by atoms with E-state index in [0.29, 0.717) is 22.2 Å². The summed E-state index contributed by atoms with van der Waals surface area (Å²) in [5, 5.41) is 0. The summed E-state index contributed by atoms with van der Waals surface area (Å²) < 4.78 is 51.1. The Labute approximate surface area is 131 Å². The molecule has 0 spiro atoms. The van der Waals surface area contributed by atoms with Gasteiger partial charge in [-0.2, -0.15) is 13.2 Å². The monoisotopic (exact) mass is 334 g/mol. The third-order valence-corrected chi connectivity index (χ3v) is 4.69. The van der Waals surface area contributed by atoms with E-state index in [0.717, 1.165) is 31.6 Å². The van der Waals surface area contributed by atoms with Gasteiger partial charge in [-0.3, -0.25) is 0 Å². The second-order valence-corrected chi connectivity index (χ2v) is 6.40. The Kier molecular flexibility index (Phi) is 5.36. The van der Waals surface area contributed by atoms with Crippen molar-refractivity contribution in [2.45, 2.75) is 37.3 Å². The van der Waals surface area contributed by atoms with Crippen molar-refractivity contribution in [3.05, 3.63) is 23.5 Å². The maximum absolute atomic E-state index is 14.0. The Morgan fingerprint density at radius 3 is 2.64 bits per heavy atom. The zero-order valence-electron chi connectivity index (χ0n) is 12.5. The molecule has 1 fully saturated rings. The molecule has 1 saturated heterocycles. The summed E-state index contributed by atoms with van der Waals surface area (Å²) >= 11 is 0.665. The van der Waals surface area contributed by atoms with Crippen LogP contribution in [0.3, 0.4) is 0 Å². The van der Waals surface area contributed by atoms with Crippen LogP contribution in [0.15, 0.2) is 22.0 Å². The predicted octanol–water partition coefficient (Wildman–Crippen LogP) is 4.93.